The van der Waals surface area contributed by atoms with Crippen molar-refractivity contribution < 1.29 is 14.9 Å². The molecule has 0 aliphatic carbocycles. The molecule has 0 saturated carbocycles. The van der Waals surface area contributed by atoms with E-state index in [1.54, 1.807) is 6.07 Å². The Hall–Kier alpha value is -3.27. The van der Waals surface area contributed by atoms with Crippen LogP contribution in [0.15, 0.2) is 42.7 Å². The highest BCUT2D eigenvalue weighted by molar-refractivity contribution is 6.35. The Kier molecular flexibility index (Phi) is 6.22. The van der Waals surface area contributed by atoms with Crippen LogP contribution in [0.5, 0.6) is 11.5 Å². The van der Waals surface area contributed by atoms with Gasteiger partial charge in [-0.25, -0.2) is 9.97 Å². The molecule has 37 heavy (non-hydrogen) atoms. The van der Waals surface area contributed by atoms with Gasteiger partial charge >= 0.3 is 0 Å². The highest BCUT2D eigenvalue weighted by Crippen LogP contribution is 2.39. The van der Waals surface area contributed by atoms with E-state index in [0.717, 1.165) is 47.9 Å². The lowest BCUT2D eigenvalue weighted by molar-refractivity contribution is 0.127. The molecule has 9 nitrogen and oxygen atoms in total. The number of benzene rings is 2. The molecule has 2 saturated heterocycles. The third kappa shape index (κ3) is 4.31. The van der Waals surface area contributed by atoms with Gasteiger partial charge in [-0.15, -0.1) is 0 Å². The van der Waals surface area contributed by atoms with Gasteiger partial charge < -0.3 is 29.0 Å². The predicted octanol–water partition coefficient (Wildman–Crippen LogP) is 3.70. The fourth-order valence-corrected chi connectivity index (χ4v) is 6.06. The Labute approximate surface area is 220 Å². The summed E-state index contributed by atoms with van der Waals surface area (Å²) in [6, 6.07) is 9.44. The van der Waals surface area contributed by atoms with Crippen molar-refractivity contribution in [3.8, 4) is 11.5 Å². The fourth-order valence-electron chi connectivity index (χ4n) is 5.75. The monoisotopic (exact) mass is 522 g/mol. The lowest BCUT2D eigenvalue weighted by Crippen LogP contribution is -2.59. The maximum Gasteiger partial charge on any atom is 0.181 e. The summed E-state index contributed by atoms with van der Waals surface area (Å²) in [4.78, 5) is 14.0. The number of rotatable bonds is 6. The number of hydrogen-bond acceptors (Lipinski definition) is 7. The normalized spacial score (nSPS) is 20.1. The molecule has 0 spiro atoms. The van der Waals surface area contributed by atoms with E-state index >= 15 is 0 Å². The van der Waals surface area contributed by atoms with Gasteiger partial charge in [-0.3, -0.25) is 4.90 Å². The molecule has 2 unspecified atom stereocenters. The van der Waals surface area contributed by atoms with Gasteiger partial charge in [0.1, 0.15) is 17.2 Å². The Morgan fingerprint density at radius 1 is 1.08 bits per heavy atom. The minimum atomic E-state index is -0.107. The highest BCUT2D eigenvalue weighted by atomic mass is 35.5. The van der Waals surface area contributed by atoms with Crippen molar-refractivity contribution in [1.82, 2.24) is 24.0 Å². The van der Waals surface area contributed by atoms with Gasteiger partial charge in [-0.2, -0.15) is 0 Å². The van der Waals surface area contributed by atoms with Crippen LogP contribution in [0, 0.1) is 13.8 Å². The van der Waals surface area contributed by atoms with E-state index < -0.39 is 0 Å². The average molecular weight is 523 g/mol. The lowest BCUT2D eigenvalue weighted by Gasteiger charge is -2.44. The van der Waals surface area contributed by atoms with Crippen molar-refractivity contribution in [2.75, 3.05) is 31.2 Å². The number of imidazole rings is 2. The van der Waals surface area contributed by atoms with Crippen LogP contribution in [0.25, 0.3) is 11.0 Å². The first-order chi connectivity index (χ1) is 17.9. The maximum absolute atomic E-state index is 10.5. The number of halogens is 1. The quantitative estimate of drug-likeness (QED) is 0.373. The van der Waals surface area contributed by atoms with Crippen LogP contribution in [0.1, 0.15) is 17.2 Å². The number of fused-ring (bicyclic) bond motifs is 2. The molecule has 2 aliphatic heterocycles. The van der Waals surface area contributed by atoms with Crippen molar-refractivity contribution in [2.24, 2.45) is 0 Å². The minimum Gasteiger partial charge on any atom is -0.504 e. The number of phenolic OH excluding ortho intramolecular Hbond substituents is 2. The van der Waals surface area contributed by atoms with Gasteiger partial charge in [0.25, 0.3) is 0 Å². The van der Waals surface area contributed by atoms with Gasteiger partial charge in [0.05, 0.1) is 48.1 Å². The number of hydrogen-bond donors (Lipinski definition) is 2. The van der Waals surface area contributed by atoms with E-state index in [1.165, 1.54) is 6.07 Å². The number of aromatic hydroxyl groups is 2. The Morgan fingerprint density at radius 2 is 1.92 bits per heavy atom. The summed E-state index contributed by atoms with van der Waals surface area (Å²) in [6.07, 6.45) is 3.83. The van der Waals surface area contributed by atoms with Gasteiger partial charge in [-0.1, -0.05) is 17.7 Å². The van der Waals surface area contributed by atoms with Crippen LogP contribution in [-0.4, -0.2) is 72.6 Å². The molecule has 2 aliphatic rings. The zero-order chi connectivity index (χ0) is 25.7. The number of piperazine rings is 1. The summed E-state index contributed by atoms with van der Waals surface area (Å²) >= 11 is 6.64. The Bertz CT molecular complexity index is 1450. The van der Waals surface area contributed by atoms with Crippen molar-refractivity contribution in [2.45, 2.75) is 45.6 Å². The van der Waals surface area contributed by atoms with Crippen molar-refractivity contribution in [3.63, 3.8) is 0 Å². The molecule has 2 aromatic carbocycles. The molecule has 0 bridgehead atoms. The molecule has 4 aromatic rings. The topological polar surface area (TPSA) is 91.8 Å². The molecular formula is C27H31ClN6O3. The molecule has 194 valence electrons. The van der Waals surface area contributed by atoms with Crippen LogP contribution in [-0.2, 0) is 24.4 Å². The zero-order valence-electron chi connectivity index (χ0n) is 21.0. The van der Waals surface area contributed by atoms with Crippen LogP contribution in [0.4, 0.5) is 5.69 Å². The van der Waals surface area contributed by atoms with Crippen molar-refractivity contribution in [3.05, 3.63) is 65.0 Å². The highest BCUT2D eigenvalue weighted by Gasteiger charge is 2.42. The van der Waals surface area contributed by atoms with E-state index in [1.807, 2.05) is 31.5 Å². The average Bonchev–Trinajstić information content (AvgIpc) is 3.59. The Morgan fingerprint density at radius 3 is 2.73 bits per heavy atom. The lowest BCUT2D eigenvalue weighted by atomic mass is 10.0. The molecule has 10 heteroatoms. The number of ether oxygens (including phenoxy) is 1. The van der Waals surface area contributed by atoms with Crippen molar-refractivity contribution in [1.29, 1.82) is 0 Å². The molecule has 6 rings (SSSR count). The van der Waals surface area contributed by atoms with E-state index in [2.05, 4.69) is 36.9 Å². The molecule has 0 radical (unpaired) electrons. The molecule has 2 atom stereocenters. The minimum absolute atomic E-state index is 0.0682. The summed E-state index contributed by atoms with van der Waals surface area (Å²) in [6.45, 7) is 8.92. The Balaban J connectivity index is 1.31. The summed E-state index contributed by atoms with van der Waals surface area (Å²) in [7, 11) is 0. The smallest absolute Gasteiger partial charge is 0.181 e. The van der Waals surface area contributed by atoms with Crippen LogP contribution in [0.2, 0.25) is 5.02 Å². The third-order valence-corrected chi connectivity index (χ3v) is 7.97. The first-order valence-corrected chi connectivity index (χ1v) is 13.0. The molecule has 2 N–H and O–H groups in total. The van der Waals surface area contributed by atoms with E-state index in [-0.39, 0.29) is 23.6 Å². The summed E-state index contributed by atoms with van der Waals surface area (Å²) in [5.74, 6) is 1.77. The summed E-state index contributed by atoms with van der Waals surface area (Å²) in [5, 5.41) is 21.2. The van der Waals surface area contributed by atoms with E-state index in [0.29, 0.717) is 37.0 Å². The predicted molar refractivity (Wildman–Crippen MR) is 142 cm³/mol. The first kappa shape index (κ1) is 24.1. The molecular weight excluding hydrogens is 492 g/mol. The second-order valence-electron chi connectivity index (χ2n) is 9.94. The number of phenols is 2. The fraction of sp³-hybridized carbons (Fsp3) is 0.407. The summed E-state index contributed by atoms with van der Waals surface area (Å²) < 4.78 is 10.4. The van der Waals surface area contributed by atoms with Gasteiger partial charge in [-0.05, 0) is 43.7 Å². The number of para-hydroxylation sites is 1. The standard InChI is InChI=1S/C27H31ClN6O3/c1-17-12-19(28)26-21(13-17)34(11-8-31-7-6-29-18(31)2)25(30-26)14-32-9-10-33(23-16-37-15-22(23)32)20-4-3-5-24(35)27(20)36/h3-7,12-13,22-23,35-36H,8-11,14-16H2,1-2H3. The molecule has 2 fully saturated rings. The number of aromatic nitrogens is 4. The summed E-state index contributed by atoms with van der Waals surface area (Å²) in [5.41, 5.74) is 3.62. The van der Waals surface area contributed by atoms with Crippen LogP contribution < -0.4 is 4.90 Å². The first-order valence-electron chi connectivity index (χ1n) is 12.6. The number of aryl methyl sites for hydroxylation is 4. The second kappa shape index (κ2) is 9.55. The third-order valence-electron chi connectivity index (χ3n) is 7.69. The molecule has 0 amide bonds. The maximum atomic E-state index is 10.5. The van der Waals surface area contributed by atoms with Crippen molar-refractivity contribution >= 4 is 28.3 Å². The zero-order valence-corrected chi connectivity index (χ0v) is 21.8. The largest absolute Gasteiger partial charge is 0.504 e. The van der Waals surface area contributed by atoms with E-state index in [4.69, 9.17) is 21.3 Å². The molecule has 4 heterocycles. The number of anilines is 1. The van der Waals surface area contributed by atoms with Crippen LogP contribution >= 0.6 is 11.6 Å². The van der Waals surface area contributed by atoms with Gasteiger partial charge in [0.15, 0.2) is 11.5 Å². The van der Waals surface area contributed by atoms with Crippen LogP contribution in [0.3, 0.4) is 0 Å². The van der Waals surface area contributed by atoms with Gasteiger partial charge in [0, 0.05) is 38.6 Å². The second-order valence-corrected chi connectivity index (χ2v) is 10.4. The van der Waals surface area contributed by atoms with Gasteiger partial charge in [0.2, 0.25) is 0 Å². The SMILES string of the molecule is Cc1cc(Cl)c2nc(CN3CCN(c4cccc(O)c4O)C4COCC43)n(CCn3ccnc3C)c2c1. The van der Waals surface area contributed by atoms with E-state index in [9.17, 15) is 10.2 Å². The molecule has 2 aromatic heterocycles. The number of nitrogens with zero attached hydrogens (tertiary/aromatic N) is 6.